The summed E-state index contributed by atoms with van der Waals surface area (Å²) in [4.78, 5) is 27.9. The molecule has 13 nitrogen and oxygen atoms in total. The molecular weight excluding hydrogens is 1320 g/mol. The van der Waals surface area contributed by atoms with E-state index in [-0.39, 0.29) is 0 Å². The van der Waals surface area contributed by atoms with Crippen molar-refractivity contribution in [1.29, 1.82) is 0 Å². The highest BCUT2D eigenvalue weighted by atomic mass is 35.5. The van der Waals surface area contributed by atoms with Crippen molar-refractivity contribution in [3.05, 3.63) is 265 Å². The number of hydrogen-bond acceptors (Lipinski definition) is 5. The van der Waals surface area contributed by atoms with Crippen LogP contribution in [-0.2, 0) is 38.5 Å². The van der Waals surface area contributed by atoms with Gasteiger partial charge >= 0.3 is 0 Å². The number of fused-ring (bicyclic) bond motifs is 2. The van der Waals surface area contributed by atoms with Crippen LogP contribution in [0.2, 0.25) is 10.0 Å². The summed E-state index contributed by atoms with van der Waals surface area (Å²) in [6.45, 7) is 8.05. The topological polar surface area (TPSA) is 176 Å². The minimum Gasteiger partial charge on any atom is -0.496 e. The molecule has 4 heterocycles. The molecule has 0 saturated heterocycles. The molecule has 11 aromatic rings. The first-order valence-corrected chi connectivity index (χ1v) is 38.0. The lowest BCUT2D eigenvalue weighted by Crippen LogP contribution is -2.36. The molecule has 0 saturated carbocycles. The van der Waals surface area contributed by atoms with E-state index >= 15 is 0 Å². The maximum atomic E-state index is 6.57. The molecule has 15 heteroatoms. The molecule has 4 atom stereocenters. The fraction of sp³-hybridized carbons (Fsp3) is 0.281. The Bertz CT molecular complexity index is 5220. The van der Waals surface area contributed by atoms with Crippen molar-refractivity contribution in [3.63, 3.8) is 0 Å². The van der Waals surface area contributed by atoms with Crippen molar-refractivity contribution in [2.75, 3.05) is 52.9 Å². The minimum absolute atomic E-state index is 0.492. The molecule has 0 amide bonds. The molecule has 4 aliphatic heterocycles. The fourth-order valence-electron chi connectivity index (χ4n) is 18.8. The first-order valence-electron chi connectivity index (χ1n) is 37.3. The predicted octanol–water partition coefficient (Wildman–Crippen LogP) is 19.8. The lowest BCUT2D eigenvalue weighted by Gasteiger charge is -2.19. The smallest absolute Gasteiger partial charge is 0.201 e. The van der Waals surface area contributed by atoms with Crippen LogP contribution in [0.5, 0.6) is 5.75 Å². The number of nitrogens with zero attached hydrogens (tertiary/aromatic N) is 8. The van der Waals surface area contributed by atoms with Crippen molar-refractivity contribution >= 4 is 125 Å². The van der Waals surface area contributed by atoms with Gasteiger partial charge in [-0.3, -0.25) is 0 Å². The predicted molar refractivity (Wildman–Crippen MR) is 435 cm³/mol. The van der Waals surface area contributed by atoms with Gasteiger partial charge in [-0.15, -0.1) is 0 Å². The van der Waals surface area contributed by atoms with Crippen LogP contribution < -0.4 is 47.3 Å². The summed E-state index contributed by atoms with van der Waals surface area (Å²) in [5, 5.41) is 8.31. The van der Waals surface area contributed by atoms with Gasteiger partial charge in [0.1, 0.15) is 5.75 Å². The Morgan fingerprint density at radius 3 is 1.17 bits per heavy atom. The maximum absolute atomic E-state index is 6.57. The summed E-state index contributed by atoms with van der Waals surface area (Å²) >= 11 is 12.1. The summed E-state index contributed by atoms with van der Waals surface area (Å²) in [5.41, 5.74) is 51.8. The van der Waals surface area contributed by atoms with Crippen molar-refractivity contribution in [2.24, 2.45) is 42.9 Å². The number of rotatable bonds is 5. The van der Waals surface area contributed by atoms with E-state index in [1.807, 2.05) is 24.3 Å². The second kappa shape index (κ2) is 28.0. The van der Waals surface area contributed by atoms with E-state index in [1.165, 1.54) is 182 Å². The molecule has 0 spiro atoms. The number of aliphatic imine (C=N–C) groups is 4. The van der Waals surface area contributed by atoms with E-state index < -0.39 is 0 Å². The van der Waals surface area contributed by atoms with Gasteiger partial charge < -0.3 is 47.3 Å². The molecule has 9 aliphatic rings. The Morgan fingerprint density at radius 2 is 0.712 bits per heavy atom. The van der Waals surface area contributed by atoms with Gasteiger partial charge in [0, 0.05) is 104 Å². The van der Waals surface area contributed by atoms with Gasteiger partial charge in [0.15, 0.2) is 0 Å². The normalized spacial score (nSPS) is 19.4. The standard InChI is InChI=1S/C24H23N3.C24H25N3.C23H23N3O.C18H17Cl2N3/c25-24(27-14-18-7-1-4-15-6-3-9-21(27)23(15)18)26-20-13-12-17-11-10-16-5-2-8-19(20)22(16)17;1-15-6-3-10-19-20(13-12-16(2)22(15)19)26-24(25)27-14-18-9-4-7-17-8-5-11-21(27)23(17)18;1-27-21-13-12-19(17-9-2-3-10-18(17)21)25-23(24)26-14-16-8-4-6-15-7-5-11-20(26)22(15)16;19-13-7-14(20)9-15(8-13)22-18(21)23-10-12-5-1-3-11-4-2-6-16(23)17(11)12/h2-3,5-6,8-9,12-13,18H,1,4,7,10-11,14H2,(H2,25,26);3,5-6,8,10-13,18H,4,7,9,14H2,1-2H3,(H2,25,26);2-3,5,7,9-13,16H,4,6,8,14H2,1H3,(H2,24,25);2,4,6-9,12H,1,3,5,10H2,(H2,21,22). The molecule has 0 bridgehead atoms. The second-order valence-electron chi connectivity index (χ2n) is 29.5. The molecule has 524 valence electrons. The zero-order chi connectivity index (χ0) is 70.9. The van der Waals surface area contributed by atoms with Crippen LogP contribution in [0.3, 0.4) is 0 Å². The van der Waals surface area contributed by atoms with Crippen LogP contribution >= 0.6 is 23.2 Å². The van der Waals surface area contributed by atoms with Gasteiger partial charge in [0.25, 0.3) is 0 Å². The highest BCUT2D eigenvalue weighted by Crippen LogP contribution is 2.50. The van der Waals surface area contributed by atoms with Gasteiger partial charge in [-0.1, -0.05) is 145 Å². The van der Waals surface area contributed by atoms with Gasteiger partial charge in [-0.05, 0) is 248 Å². The number of guanidine groups is 4. The van der Waals surface area contributed by atoms with Crippen LogP contribution in [0.25, 0.3) is 32.3 Å². The number of anilines is 4. The number of benzene rings is 11. The van der Waals surface area contributed by atoms with Crippen LogP contribution in [0.15, 0.2) is 208 Å². The molecule has 20 rings (SSSR count). The molecule has 4 unspecified atom stereocenters. The average molecular weight is 1410 g/mol. The van der Waals surface area contributed by atoms with Gasteiger partial charge in [-0.25, -0.2) is 20.0 Å². The Labute approximate surface area is 619 Å². The summed E-state index contributed by atoms with van der Waals surface area (Å²) in [7, 11) is 1.69. The summed E-state index contributed by atoms with van der Waals surface area (Å²) in [5.74, 6) is 5.46. The lowest BCUT2D eigenvalue weighted by molar-refractivity contribution is 0.420. The largest absolute Gasteiger partial charge is 0.496 e. The highest BCUT2D eigenvalue weighted by molar-refractivity contribution is 6.35. The van der Waals surface area contributed by atoms with Crippen LogP contribution in [0.1, 0.15) is 142 Å². The number of ether oxygens (including phenoxy) is 1. The number of hydrogen-bond donors (Lipinski definition) is 4. The van der Waals surface area contributed by atoms with Crippen molar-refractivity contribution in [2.45, 2.75) is 127 Å². The molecule has 8 N–H and O–H groups in total. The molecule has 5 aliphatic carbocycles. The molecule has 104 heavy (non-hydrogen) atoms. The maximum Gasteiger partial charge on any atom is 0.201 e. The molecule has 0 radical (unpaired) electrons. The number of halogens is 2. The SMILES string of the molecule is COc1ccc(N=C(N)N2CC3CCCc4cccc2c43)c2ccccc12.Cc1cccc2c(N=C(N)N3CC4CCCc5cccc3c54)ccc(C)c12.NC(=Nc1cc(Cl)cc(Cl)c1)N1CC2CCCc3cccc1c32.NC(=Nc1ccc2c3c(cccc13)CC2)N1CC2CCCc3cccc1c32. The van der Waals surface area contributed by atoms with E-state index in [0.29, 0.717) is 63.2 Å². The quantitative estimate of drug-likeness (QED) is 0.0965. The van der Waals surface area contributed by atoms with Crippen molar-refractivity contribution in [3.8, 4) is 5.75 Å². The Morgan fingerprint density at radius 1 is 0.356 bits per heavy atom. The highest BCUT2D eigenvalue weighted by Gasteiger charge is 2.39. The third kappa shape index (κ3) is 12.4. The Kier molecular flexibility index (Phi) is 18.0. The first kappa shape index (κ1) is 66.9. The van der Waals surface area contributed by atoms with E-state index in [1.54, 1.807) is 25.3 Å². The van der Waals surface area contributed by atoms with Crippen molar-refractivity contribution in [1.82, 2.24) is 0 Å². The monoisotopic (exact) mass is 1410 g/mol. The molecular formula is C89H88Cl2N12O. The third-order valence-corrected chi connectivity index (χ3v) is 23.8. The molecule has 0 aromatic heterocycles. The van der Waals surface area contributed by atoms with Crippen LogP contribution in [0.4, 0.5) is 45.5 Å². The Hall–Kier alpha value is -10.3. The van der Waals surface area contributed by atoms with Gasteiger partial charge in [0.2, 0.25) is 23.8 Å². The van der Waals surface area contributed by atoms with Gasteiger partial charge in [0.05, 0.1) is 29.9 Å². The summed E-state index contributed by atoms with van der Waals surface area (Å²) in [6.07, 6.45) is 17.0. The minimum atomic E-state index is 0.492. The van der Waals surface area contributed by atoms with E-state index in [0.717, 1.165) is 79.0 Å². The number of methoxy groups -OCH3 is 1. The Balaban J connectivity index is 0.000000103. The van der Waals surface area contributed by atoms with Crippen LogP contribution in [0, 0.1) is 13.8 Å². The third-order valence-electron chi connectivity index (χ3n) is 23.4. The first-order chi connectivity index (χ1) is 50.8. The summed E-state index contributed by atoms with van der Waals surface area (Å²) in [6, 6.07) is 65.3. The van der Waals surface area contributed by atoms with Crippen LogP contribution in [-0.4, -0.2) is 57.1 Å². The van der Waals surface area contributed by atoms with E-state index in [4.69, 9.17) is 65.9 Å². The average Bonchev–Trinajstić information content (AvgIpc) is 1.62. The molecule has 11 aromatic carbocycles. The van der Waals surface area contributed by atoms with E-state index in [2.05, 4.69) is 184 Å². The van der Waals surface area contributed by atoms with Crippen molar-refractivity contribution < 1.29 is 4.74 Å². The zero-order valence-electron chi connectivity index (χ0n) is 59.5. The zero-order valence-corrected chi connectivity index (χ0v) is 61.0. The fourth-order valence-corrected chi connectivity index (χ4v) is 19.3. The summed E-state index contributed by atoms with van der Waals surface area (Å²) < 4.78 is 5.49. The van der Waals surface area contributed by atoms with E-state index in [9.17, 15) is 0 Å². The lowest BCUT2D eigenvalue weighted by atomic mass is 9.84. The molecule has 0 fully saturated rings. The number of nitrogens with two attached hydrogens (primary N) is 4. The van der Waals surface area contributed by atoms with Gasteiger partial charge in [-0.2, -0.15) is 0 Å². The number of aryl methyl sites for hydroxylation is 8. The second-order valence-corrected chi connectivity index (χ2v) is 30.4.